The minimum atomic E-state index is 0.0184. The highest BCUT2D eigenvalue weighted by Gasteiger charge is 2.40. The van der Waals surface area contributed by atoms with Gasteiger partial charge in [0, 0.05) is 64.2 Å². The van der Waals surface area contributed by atoms with Crippen LogP contribution in [0.3, 0.4) is 0 Å². The van der Waals surface area contributed by atoms with Gasteiger partial charge in [-0.15, -0.1) is 0 Å². The number of hydrogen-bond donors (Lipinski definition) is 2. The number of morpholine rings is 1. The molecule has 8 heteroatoms. The Morgan fingerprint density at radius 3 is 2.55 bits per heavy atom. The van der Waals surface area contributed by atoms with Crippen molar-refractivity contribution in [1.82, 2.24) is 20.4 Å². The van der Waals surface area contributed by atoms with Crippen LogP contribution < -0.4 is 10.6 Å². The molecule has 1 amide bonds. The summed E-state index contributed by atoms with van der Waals surface area (Å²) in [5.74, 6) is 3.19. The van der Waals surface area contributed by atoms with Gasteiger partial charge in [-0.2, -0.15) is 11.8 Å². The van der Waals surface area contributed by atoms with Crippen molar-refractivity contribution < 1.29 is 9.53 Å². The van der Waals surface area contributed by atoms with Crippen molar-refractivity contribution >= 4 is 23.6 Å². The van der Waals surface area contributed by atoms with Crippen LogP contribution in [0.4, 0.5) is 0 Å². The summed E-state index contributed by atoms with van der Waals surface area (Å²) >= 11 is 2.04. The van der Waals surface area contributed by atoms with Crippen LogP contribution in [0.2, 0.25) is 0 Å². The summed E-state index contributed by atoms with van der Waals surface area (Å²) in [4.78, 5) is 20.6. The molecule has 29 heavy (non-hydrogen) atoms. The summed E-state index contributed by atoms with van der Waals surface area (Å²) in [5, 5.41) is 6.94. The first-order valence-electron chi connectivity index (χ1n) is 10.2. The molecule has 0 aromatic heterocycles. The van der Waals surface area contributed by atoms with E-state index in [-0.39, 0.29) is 11.4 Å². The highest BCUT2D eigenvalue weighted by molar-refractivity contribution is 7.99. The fraction of sp³-hybridized carbons (Fsp3) is 0.619. The van der Waals surface area contributed by atoms with E-state index in [1.54, 1.807) is 26.0 Å². The number of ether oxygens (including phenoxy) is 1. The molecule has 1 atom stereocenters. The van der Waals surface area contributed by atoms with Crippen LogP contribution in [0, 0.1) is 0 Å². The fourth-order valence-electron chi connectivity index (χ4n) is 3.81. The van der Waals surface area contributed by atoms with Gasteiger partial charge in [-0.3, -0.25) is 14.7 Å². The molecule has 3 rings (SSSR count). The van der Waals surface area contributed by atoms with E-state index in [0.29, 0.717) is 12.1 Å². The molecule has 1 aromatic carbocycles. The highest BCUT2D eigenvalue weighted by Crippen LogP contribution is 2.33. The average Bonchev–Trinajstić information content (AvgIpc) is 3.24. The molecule has 2 heterocycles. The van der Waals surface area contributed by atoms with E-state index in [9.17, 15) is 4.79 Å². The molecule has 1 unspecified atom stereocenters. The fourth-order valence-corrected chi connectivity index (χ4v) is 5.29. The monoisotopic (exact) mass is 419 g/mol. The van der Waals surface area contributed by atoms with Gasteiger partial charge in [0.2, 0.25) is 0 Å². The van der Waals surface area contributed by atoms with Gasteiger partial charge in [0.25, 0.3) is 5.91 Å². The Balaban J connectivity index is 1.53. The summed E-state index contributed by atoms with van der Waals surface area (Å²) in [6.45, 7) is 5.21. The Morgan fingerprint density at radius 2 is 1.97 bits per heavy atom. The summed E-state index contributed by atoms with van der Waals surface area (Å²) in [6.07, 6.45) is 1.20. The van der Waals surface area contributed by atoms with Crippen molar-refractivity contribution in [2.75, 3.05) is 65.5 Å². The lowest BCUT2D eigenvalue weighted by molar-refractivity contribution is -0.0120. The average molecular weight is 420 g/mol. The minimum Gasteiger partial charge on any atom is -0.379 e. The smallest absolute Gasteiger partial charge is 0.253 e. The molecular weight excluding hydrogens is 386 g/mol. The second-order valence-corrected chi connectivity index (χ2v) is 8.91. The van der Waals surface area contributed by atoms with Gasteiger partial charge >= 0.3 is 0 Å². The first-order chi connectivity index (χ1) is 14.0. The van der Waals surface area contributed by atoms with Crippen molar-refractivity contribution in [3.05, 3.63) is 35.4 Å². The molecule has 2 saturated heterocycles. The van der Waals surface area contributed by atoms with Crippen molar-refractivity contribution in [2.45, 2.75) is 18.5 Å². The third-order valence-corrected chi connectivity index (χ3v) is 6.87. The molecule has 2 aliphatic rings. The molecule has 2 fully saturated rings. The first-order valence-corrected chi connectivity index (χ1v) is 11.4. The van der Waals surface area contributed by atoms with E-state index in [4.69, 9.17) is 4.74 Å². The van der Waals surface area contributed by atoms with Gasteiger partial charge in [-0.25, -0.2) is 0 Å². The van der Waals surface area contributed by atoms with Gasteiger partial charge in [0.05, 0.1) is 13.2 Å². The number of aliphatic imine (C=N–C) groups is 1. The molecule has 0 saturated carbocycles. The molecule has 0 spiro atoms. The number of guanidine groups is 1. The summed E-state index contributed by atoms with van der Waals surface area (Å²) in [5.41, 5.74) is 2.00. The number of carbonyl (C=O) groups excluding carboxylic acids is 1. The van der Waals surface area contributed by atoms with Crippen LogP contribution in [-0.4, -0.2) is 92.7 Å². The molecule has 1 aromatic rings. The Kier molecular flexibility index (Phi) is 7.80. The second kappa shape index (κ2) is 10.3. The number of thioether (sulfide) groups is 1. The van der Waals surface area contributed by atoms with Gasteiger partial charge in [0.15, 0.2) is 5.96 Å². The van der Waals surface area contributed by atoms with Crippen molar-refractivity contribution in [3.63, 3.8) is 0 Å². The maximum Gasteiger partial charge on any atom is 0.253 e. The maximum atomic E-state index is 12.0. The zero-order chi connectivity index (χ0) is 20.7. The van der Waals surface area contributed by atoms with Gasteiger partial charge in [-0.05, 0) is 29.9 Å². The van der Waals surface area contributed by atoms with Crippen molar-refractivity contribution in [3.8, 4) is 0 Å². The lowest BCUT2D eigenvalue weighted by Gasteiger charge is -2.43. The predicted molar refractivity (Wildman–Crippen MR) is 120 cm³/mol. The molecule has 7 nitrogen and oxygen atoms in total. The molecule has 2 aliphatic heterocycles. The number of nitrogens with one attached hydrogen (secondary N) is 2. The van der Waals surface area contributed by atoms with Crippen LogP contribution in [0.15, 0.2) is 29.3 Å². The number of benzene rings is 1. The predicted octanol–water partition coefficient (Wildman–Crippen LogP) is 1.26. The van der Waals surface area contributed by atoms with E-state index < -0.39 is 0 Å². The number of nitrogens with zero attached hydrogens (tertiary/aromatic N) is 3. The van der Waals surface area contributed by atoms with Crippen LogP contribution in [0.1, 0.15) is 22.3 Å². The Hall–Kier alpha value is -1.77. The quantitative estimate of drug-likeness (QED) is 0.535. The number of amides is 1. The molecule has 0 aliphatic carbocycles. The van der Waals surface area contributed by atoms with Crippen molar-refractivity contribution in [1.29, 1.82) is 0 Å². The molecule has 160 valence electrons. The number of carbonyl (C=O) groups is 1. The Bertz CT molecular complexity index is 696. The highest BCUT2D eigenvalue weighted by atomic mass is 32.2. The van der Waals surface area contributed by atoms with Crippen LogP contribution >= 0.6 is 11.8 Å². The van der Waals surface area contributed by atoms with Crippen LogP contribution in [0.5, 0.6) is 0 Å². The lowest BCUT2D eigenvalue weighted by atomic mass is 9.95. The zero-order valence-electron chi connectivity index (χ0n) is 17.7. The molecular formula is C21H33N5O2S. The van der Waals surface area contributed by atoms with Crippen LogP contribution in [-0.2, 0) is 11.3 Å². The van der Waals surface area contributed by atoms with Gasteiger partial charge in [-0.1, -0.05) is 12.1 Å². The van der Waals surface area contributed by atoms with Gasteiger partial charge < -0.3 is 20.3 Å². The normalized spacial score (nSPS) is 23.1. The van der Waals surface area contributed by atoms with Gasteiger partial charge in [0.1, 0.15) is 0 Å². The van der Waals surface area contributed by atoms with E-state index in [1.807, 2.05) is 36.0 Å². The zero-order valence-corrected chi connectivity index (χ0v) is 18.6. The topological polar surface area (TPSA) is 69.2 Å². The number of rotatable bonds is 6. The van der Waals surface area contributed by atoms with E-state index >= 15 is 0 Å². The largest absolute Gasteiger partial charge is 0.379 e. The second-order valence-electron chi connectivity index (χ2n) is 7.80. The first kappa shape index (κ1) is 21.9. The van der Waals surface area contributed by atoms with Crippen molar-refractivity contribution in [2.24, 2.45) is 4.99 Å². The number of hydrogen-bond acceptors (Lipinski definition) is 5. The third-order valence-electron chi connectivity index (χ3n) is 5.64. The third kappa shape index (κ3) is 5.65. The lowest BCUT2D eigenvalue weighted by Crippen LogP contribution is -2.60. The van der Waals surface area contributed by atoms with E-state index in [2.05, 4.69) is 20.5 Å². The molecule has 0 bridgehead atoms. The standard InChI is InChI=1S/C21H33N5O2S/c1-22-20(23-14-17-4-6-18(7-5-17)19(27)25(2)3)24-15-21(8-13-29-16-21)26-9-11-28-12-10-26/h4-7H,8-16H2,1-3H3,(H2,22,23,24). The van der Waals surface area contributed by atoms with E-state index in [0.717, 1.165) is 50.1 Å². The van der Waals surface area contributed by atoms with E-state index in [1.165, 1.54) is 12.2 Å². The molecule has 2 N–H and O–H groups in total. The maximum absolute atomic E-state index is 12.0. The van der Waals surface area contributed by atoms with Crippen LogP contribution in [0.25, 0.3) is 0 Å². The minimum absolute atomic E-state index is 0.0184. The summed E-state index contributed by atoms with van der Waals surface area (Å²) in [6, 6.07) is 7.72. The Morgan fingerprint density at radius 1 is 1.24 bits per heavy atom. The Labute approximate surface area is 178 Å². The summed E-state index contributed by atoms with van der Waals surface area (Å²) in [7, 11) is 5.33. The molecule has 0 radical (unpaired) electrons. The SMILES string of the molecule is CN=C(NCc1ccc(C(=O)N(C)C)cc1)NCC1(N2CCOCC2)CCSC1. The summed E-state index contributed by atoms with van der Waals surface area (Å²) < 4.78 is 5.55.